The predicted octanol–water partition coefficient (Wildman–Crippen LogP) is 3.11. The van der Waals surface area contributed by atoms with Crippen LogP contribution in [0.5, 0.6) is 5.75 Å². The first-order chi connectivity index (χ1) is 13.7. The van der Waals surface area contributed by atoms with Crippen LogP contribution in [0.1, 0.15) is 19.4 Å². The normalized spacial score (nSPS) is 11.4. The van der Waals surface area contributed by atoms with Crippen LogP contribution in [-0.4, -0.2) is 52.4 Å². The molecule has 1 N–H and O–H groups in total. The number of carbonyl (C=O) groups is 1. The first-order valence-electron chi connectivity index (χ1n) is 9.49. The Kier molecular flexibility index (Phi) is 7.64. The summed E-state index contributed by atoms with van der Waals surface area (Å²) in [6.07, 6.45) is 0. The lowest BCUT2D eigenvalue weighted by atomic mass is 10.2. The molecule has 8 heteroatoms. The summed E-state index contributed by atoms with van der Waals surface area (Å²) < 4.78 is 32.6. The second kappa shape index (κ2) is 9.76. The molecule has 0 unspecified atom stereocenters. The van der Waals surface area contributed by atoms with E-state index < -0.39 is 10.0 Å². The molecule has 0 aliphatic rings. The maximum Gasteiger partial charge on any atom is 0.262 e. The van der Waals surface area contributed by atoms with E-state index in [-0.39, 0.29) is 17.4 Å². The molecule has 7 nitrogen and oxygen atoms in total. The van der Waals surface area contributed by atoms with Gasteiger partial charge in [0.25, 0.3) is 5.91 Å². The van der Waals surface area contributed by atoms with Gasteiger partial charge in [0.1, 0.15) is 5.75 Å². The standard InChI is InChI=1S/C21H29N3O4S/c1-6-24(7-2)29(26,27)18-11-12-20(23(4)5)19(14-18)22-21(25)15-28-17-10-8-9-16(3)13-17/h8-14H,6-7,15H2,1-5H3,(H,22,25). The number of nitrogens with one attached hydrogen (secondary N) is 1. The third kappa shape index (κ3) is 5.71. The Labute approximate surface area is 173 Å². The number of nitrogens with zero attached hydrogens (tertiary/aromatic N) is 2. The van der Waals surface area contributed by atoms with Crippen molar-refractivity contribution in [3.63, 3.8) is 0 Å². The van der Waals surface area contributed by atoms with Gasteiger partial charge in [0, 0.05) is 27.2 Å². The van der Waals surface area contributed by atoms with Crippen LogP contribution < -0.4 is 15.0 Å². The Morgan fingerprint density at radius 2 is 1.76 bits per heavy atom. The molecule has 29 heavy (non-hydrogen) atoms. The molecule has 0 atom stereocenters. The Morgan fingerprint density at radius 1 is 1.07 bits per heavy atom. The minimum Gasteiger partial charge on any atom is -0.484 e. The maximum atomic E-state index is 12.8. The van der Waals surface area contributed by atoms with Crippen LogP contribution in [0.2, 0.25) is 0 Å². The minimum absolute atomic E-state index is 0.140. The zero-order chi connectivity index (χ0) is 21.6. The summed E-state index contributed by atoms with van der Waals surface area (Å²) >= 11 is 0. The van der Waals surface area contributed by atoms with Crippen molar-refractivity contribution in [3.8, 4) is 5.75 Å². The molecule has 0 aliphatic heterocycles. The van der Waals surface area contributed by atoms with Crippen molar-refractivity contribution in [2.24, 2.45) is 0 Å². The molecule has 2 aromatic carbocycles. The zero-order valence-corrected chi connectivity index (χ0v) is 18.4. The molecule has 2 rings (SSSR count). The molecule has 158 valence electrons. The Hall–Kier alpha value is -2.58. The third-order valence-electron chi connectivity index (χ3n) is 4.43. The van der Waals surface area contributed by atoms with Crippen molar-refractivity contribution in [2.45, 2.75) is 25.7 Å². The van der Waals surface area contributed by atoms with Crippen LogP contribution >= 0.6 is 0 Å². The maximum absolute atomic E-state index is 12.8. The van der Waals surface area contributed by atoms with E-state index in [1.807, 2.05) is 44.1 Å². The van der Waals surface area contributed by atoms with Crippen molar-refractivity contribution in [2.75, 3.05) is 44.0 Å². The molecule has 0 radical (unpaired) electrons. The number of hydrogen-bond donors (Lipinski definition) is 1. The molecule has 0 aliphatic carbocycles. The lowest BCUT2D eigenvalue weighted by Crippen LogP contribution is -2.31. The number of anilines is 2. The highest BCUT2D eigenvalue weighted by atomic mass is 32.2. The highest BCUT2D eigenvalue weighted by molar-refractivity contribution is 7.89. The van der Waals surface area contributed by atoms with Crippen molar-refractivity contribution in [3.05, 3.63) is 48.0 Å². The highest BCUT2D eigenvalue weighted by Gasteiger charge is 2.23. The lowest BCUT2D eigenvalue weighted by Gasteiger charge is -2.22. The Bertz CT molecular complexity index is 954. The summed E-state index contributed by atoms with van der Waals surface area (Å²) in [5.74, 6) is 0.234. The molecule has 0 aromatic heterocycles. The number of hydrogen-bond acceptors (Lipinski definition) is 5. The van der Waals surface area contributed by atoms with Gasteiger partial charge < -0.3 is 15.0 Å². The molecule has 0 saturated carbocycles. The number of sulfonamides is 1. The number of rotatable bonds is 9. The number of carbonyl (C=O) groups excluding carboxylic acids is 1. The fraction of sp³-hybridized carbons (Fsp3) is 0.381. The highest BCUT2D eigenvalue weighted by Crippen LogP contribution is 2.29. The van der Waals surface area contributed by atoms with Crippen LogP contribution in [0.25, 0.3) is 0 Å². The summed E-state index contributed by atoms with van der Waals surface area (Å²) in [7, 11) is 0.0227. The predicted molar refractivity (Wildman–Crippen MR) is 116 cm³/mol. The number of amides is 1. The van der Waals surface area contributed by atoms with Crippen LogP contribution in [0.3, 0.4) is 0 Å². The average molecular weight is 420 g/mol. The summed E-state index contributed by atoms with van der Waals surface area (Å²) in [6.45, 7) is 6.10. The summed E-state index contributed by atoms with van der Waals surface area (Å²) in [4.78, 5) is 14.4. The molecule has 0 spiro atoms. The molecular weight excluding hydrogens is 390 g/mol. The van der Waals surface area contributed by atoms with Crippen molar-refractivity contribution in [1.29, 1.82) is 0 Å². The number of aryl methyl sites for hydroxylation is 1. The molecular formula is C21H29N3O4S. The van der Waals surface area contributed by atoms with Crippen LogP contribution in [0, 0.1) is 6.92 Å². The second-order valence-electron chi connectivity index (χ2n) is 6.82. The number of ether oxygens (including phenoxy) is 1. The van der Waals surface area contributed by atoms with Gasteiger partial charge in [0.05, 0.1) is 16.3 Å². The van der Waals surface area contributed by atoms with Gasteiger partial charge in [-0.25, -0.2) is 8.42 Å². The van der Waals surface area contributed by atoms with E-state index in [1.165, 1.54) is 10.4 Å². The van der Waals surface area contributed by atoms with Gasteiger partial charge in [-0.1, -0.05) is 26.0 Å². The van der Waals surface area contributed by atoms with Crippen LogP contribution in [-0.2, 0) is 14.8 Å². The smallest absolute Gasteiger partial charge is 0.262 e. The lowest BCUT2D eigenvalue weighted by molar-refractivity contribution is -0.118. The van der Waals surface area contributed by atoms with Crippen LogP contribution in [0.15, 0.2) is 47.4 Å². The SMILES string of the molecule is CCN(CC)S(=O)(=O)c1ccc(N(C)C)c(NC(=O)COc2cccc(C)c2)c1. The third-order valence-corrected chi connectivity index (χ3v) is 6.47. The summed E-state index contributed by atoms with van der Waals surface area (Å²) in [5, 5.41) is 2.78. The second-order valence-corrected chi connectivity index (χ2v) is 8.75. The molecule has 1 amide bonds. The van der Waals surface area contributed by atoms with Crippen LogP contribution in [0.4, 0.5) is 11.4 Å². The fourth-order valence-electron chi connectivity index (χ4n) is 2.92. The van der Waals surface area contributed by atoms with Crippen molar-refractivity contribution >= 4 is 27.3 Å². The van der Waals surface area contributed by atoms with E-state index >= 15 is 0 Å². The zero-order valence-electron chi connectivity index (χ0n) is 17.6. The van der Waals surface area contributed by atoms with Gasteiger partial charge in [0.15, 0.2) is 6.61 Å². The van der Waals surface area contributed by atoms with E-state index in [4.69, 9.17) is 4.74 Å². The fourth-order valence-corrected chi connectivity index (χ4v) is 4.40. The van der Waals surface area contributed by atoms with E-state index in [0.717, 1.165) is 5.56 Å². The Balaban J connectivity index is 2.24. The number of benzene rings is 2. The first-order valence-corrected chi connectivity index (χ1v) is 10.9. The Morgan fingerprint density at radius 3 is 2.34 bits per heavy atom. The van der Waals surface area contributed by atoms with Gasteiger partial charge in [-0.2, -0.15) is 4.31 Å². The van der Waals surface area contributed by atoms with E-state index in [2.05, 4.69) is 5.32 Å². The first kappa shape index (κ1) is 22.7. The summed E-state index contributed by atoms with van der Waals surface area (Å²) in [5.41, 5.74) is 2.15. The van der Waals surface area contributed by atoms with Gasteiger partial charge in [-0.3, -0.25) is 4.79 Å². The van der Waals surface area contributed by atoms with E-state index in [1.54, 1.807) is 32.0 Å². The van der Waals surface area contributed by atoms with E-state index in [0.29, 0.717) is 30.2 Å². The van der Waals surface area contributed by atoms with Crippen molar-refractivity contribution in [1.82, 2.24) is 4.31 Å². The molecule has 0 heterocycles. The monoisotopic (exact) mass is 419 g/mol. The molecule has 0 fully saturated rings. The average Bonchev–Trinajstić information content (AvgIpc) is 2.67. The molecule has 0 bridgehead atoms. The summed E-state index contributed by atoms with van der Waals surface area (Å²) in [6, 6.07) is 12.2. The van der Waals surface area contributed by atoms with E-state index in [9.17, 15) is 13.2 Å². The van der Waals surface area contributed by atoms with Gasteiger partial charge >= 0.3 is 0 Å². The molecule has 2 aromatic rings. The van der Waals surface area contributed by atoms with Gasteiger partial charge in [-0.15, -0.1) is 0 Å². The van der Waals surface area contributed by atoms with Gasteiger partial charge in [0.2, 0.25) is 10.0 Å². The quantitative estimate of drug-likeness (QED) is 0.676. The largest absolute Gasteiger partial charge is 0.484 e. The van der Waals surface area contributed by atoms with Gasteiger partial charge in [-0.05, 0) is 42.8 Å². The topological polar surface area (TPSA) is 79.0 Å². The van der Waals surface area contributed by atoms with Crippen molar-refractivity contribution < 1.29 is 17.9 Å². The molecule has 0 saturated heterocycles. The minimum atomic E-state index is -3.63.